The molecular formula is C19H25N3O4. The van der Waals surface area contributed by atoms with Gasteiger partial charge in [-0.15, -0.1) is 0 Å². The number of carbonyl (C=O) groups is 2. The quantitative estimate of drug-likeness (QED) is 0.549. The van der Waals surface area contributed by atoms with E-state index in [1.165, 1.54) is 6.20 Å². The zero-order valence-electron chi connectivity index (χ0n) is 15.4. The van der Waals surface area contributed by atoms with Crippen molar-refractivity contribution in [2.45, 2.75) is 27.2 Å². The molecule has 2 rings (SSSR count). The van der Waals surface area contributed by atoms with E-state index in [1.807, 2.05) is 6.92 Å². The lowest BCUT2D eigenvalue weighted by atomic mass is 10.2. The van der Waals surface area contributed by atoms with E-state index >= 15 is 0 Å². The number of nitrogens with zero attached hydrogens (tertiary/aromatic N) is 2. The third-order valence-electron chi connectivity index (χ3n) is 3.83. The van der Waals surface area contributed by atoms with Gasteiger partial charge in [-0.1, -0.05) is 0 Å². The first-order chi connectivity index (χ1) is 12.6. The van der Waals surface area contributed by atoms with Gasteiger partial charge in [-0.2, -0.15) is 5.10 Å². The lowest BCUT2D eigenvalue weighted by molar-refractivity contribution is 0.0525. The summed E-state index contributed by atoms with van der Waals surface area (Å²) in [6, 6.07) is 7.06. The predicted molar refractivity (Wildman–Crippen MR) is 97.7 cm³/mol. The topological polar surface area (TPSA) is 82.5 Å². The molecule has 140 valence electrons. The maximum absolute atomic E-state index is 12.1. The first kappa shape index (κ1) is 19.7. The molecular weight excluding hydrogens is 334 g/mol. The zero-order valence-corrected chi connectivity index (χ0v) is 15.4. The molecule has 0 saturated heterocycles. The monoisotopic (exact) mass is 359 g/mol. The molecule has 0 aliphatic heterocycles. The second-order valence-corrected chi connectivity index (χ2v) is 5.63. The summed E-state index contributed by atoms with van der Waals surface area (Å²) < 4.78 is 11.9. The molecule has 7 nitrogen and oxygen atoms in total. The maximum Gasteiger partial charge on any atom is 0.341 e. The molecule has 2 aromatic rings. The Hall–Kier alpha value is -2.67. The van der Waals surface area contributed by atoms with Crippen LogP contribution in [0, 0.1) is 6.92 Å². The van der Waals surface area contributed by atoms with E-state index in [0.717, 1.165) is 12.1 Å². The summed E-state index contributed by atoms with van der Waals surface area (Å²) in [5.41, 5.74) is 2.46. The number of hydrogen-bond acceptors (Lipinski definition) is 5. The Morgan fingerprint density at radius 1 is 1.15 bits per heavy atom. The summed E-state index contributed by atoms with van der Waals surface area (Å²) in [5, 5.41) is 7.10. The molecule has 0 spiro atoms. The van der Waals surface area contributed by atoms with Crippen molar-refractivity contribution in [3.05, 3.63) is 47.3 Å². The zero-order chi connectivity index (χ0) is 18.9. The van der Waals surface area contributed by atoms with Crippen LogP contribution in [-0.2, 0) is 9.47 Å². The summed E-state index contributed by atoms with van der Waals surface area (Å²) in [6.07, 6.45) is 2.27. The summed E-state index contributed by atoms with van der Waals surface area (Å²) >= 11 is 0. The fourth-order valence-corrected chi connectivity index (χ4v) is 2.46. The van der Waals surface area contributed by atoms with Gasteiger partial charge in [-0.05, 0) is 51.5 Å². The van der Waals surface area contributed by atoms with Crippen LogP contribution in [0.25, 0.3) is 5.69 Å². The van der Waals surface area contributed by atoms with Gasteiger partial charge in [-0.25, -0.2) is 9.48 Å². The van der Waals surface area contributed by atoms with E-state index in [4.69, 9.17) is 9.47 Å². The molecule has 0 fully saturated rings. The smallest absolute Gasteiger partial charge is 0.341 e. The van der Waals surface area contributed by atoms with E-state index in [-0.39, 0.29) is 11.9 Å². The van der Waals surface area contributed by atoms with Crippen molar-refractivity contribution >= 4 is 11.9 Å². The highest BCUT2D eigenvalue weighted by Gasteiger charge is 2.16. The molecule has 1 heterocycles. The summed E-state index contributed by atoms with van der Waals surface area (Å²) in [6.45, 7) is 7.71. The highest BCUT2D eigenvalue weighted by atomic mass is 16.5. The van der Waals surface area contributed by atoms with Gasteiger partial charge in [0, 0.05) is 25.3 Å². The molecule has 0 bridgehead atoms. The second-order valence-electron chi connectivity index (χ2n) is 5.63. The van der Waals surface area contributed by atoms with Gasteiger partial charge in [-0.3, -0.25) is 4.79 Å². The van der Waals surface area contributed by atoms with E-state index in [2.05, 4.69) is 10.4 Å². The minimum Gasteiger partial charge on any atom is -0.462 e. The Bertz CT molecular complexity index is 738. The van der Waals surface area contributed by atoms with Crippen LogP contribution in [0.4, 0.5) is 0 Å². The lowest BCUT2D eigenvalue weighted by Crippen LogP contribution is -2.25. The van der Waals surface area contributed by atoms with Crippen LogP contribution in [0.2, 0.25) is 0 Å². The van der Waals surface area contributed by atoms with Gasteiger partial charge < -0.3 is 14.8 Å². The Balaban J connectivity index is 2.01. The third kappa shape index (κ3) is 4.92. The lowest BCUT2D eigenvalue weighted by Gasteiger charge is -2.08. The molecule has 1 aromatic carbocycles. The number of hydrogen-bond donors (Lipinski definition) is 1. The predicted octanol–water partition coefficient (Wildman–Crippen LogP) is 2.51. The van der Waals surface area contributed by atoms with Gasteiger partial charge in [0.15, 0.2) is 0 Å². The van der Waals surface area contributed by atoms with Crippen LogP contribution in [0.1, 0.15) is 46.7 Å². The van der Waals surface area contributed by atoms with E-state index < -0.39 is 0 Å². The van der Waals surface area contributed by atoms with Gasteiger partial charge in [0.05, 0.1) is 24.2 Å². The van der Waals surface area contributed by atoms with Crippen LogP contribution < -0.4 is 5.32 Å². The van der Waals surface area contributed by atoms with Crippen LogP contribution in [-0.4, -0.2) is 48.0 Å². The molecule has 1 amide bonds. The molecule has 0 radical (unpaired) electrons. The molecule has 0 saturated carbocycles. The van der Waals surface area contributed by atoms with Gasteiger partial charge >= 0.3 is 5.97 Å². The first-order valence-corrected chi connectivity index (χ1v) is 8.76. The summed E-state index contributed by atoms with van der Waals surface area (Å²) in [7, 11) is 0. The van der Waals surface area contributed by atoms with Crippen LogP contribution in [0.3, 0.4) is 0 Å². The minimum absolute atomic E-state index is 0.127. The van der Waals surface area contributed by atoms with Gasteiger partial charge in [0.1, 0.15) is 5.56 Å². The number of nitrogens with one attached hydrogen (secondary N) is 1. The van der Waals surface area contributed by atoms with E-state index in [1.54, 1.807) is 42.8 Å². The molecule has 0 atom stereocenters. The fourth-order valence-electron chi connectivity index (χ4n) is 2.46. The van der Waals surface area contributed by atoms with Gasteiger partial charge in [0.2, 0.25) is 0 Å². The van der Waals surface area contributed by atoms with Gasteiger partial charge in [0.25, 0.3) is 5.91 Å². The number of rotatable bonds is 9. The van der Waals surface area contributed by atoms with Crippen molar-refractivity contribution in [2.75, 3.05) is 26.4 Å². The molecule has 0 aliphatic rings. The van der Waals surface area contributed by atoms with E-state index in [0.29, 0.717) is 43.2 Å². The van der Waals surface area contributed by atoms with Crippen molar-refractivity contribution in [1.29, 1.82) is 0 Å². The number of ether oxygens (including phenoxy) is 2. The van der Waals surface area contributed by atoms with Crippen LogP contribution >= 0.6 is 0 Å². The first-order valence-electron chi connectivity index (χ1n) is 8.76. The third-order valence-corrected chi connectivity index (χ3v) is 3.83. The number of carbonyl (C=O) groups excluding carboxylic acids is 2. The summed E-state index contributed by atoms with van der Waals surface area (Å²) in [5.74, 6) is -0.517. The van der Waals surface area contributed by atoms with Crippen molar-refractivity contribution in [3.8, 4) is 5.69 Å². The number of esters is 1. The Morgan fingerprint density at radius 2 is 1.88 bits per heavy atom. The average molecular weight is 359 g/mol. The van der Waals surface area contributed by atoms with Crippen molar-refractivity contribution < 1.29 is 19.1 Å². The molecule has 1 aromatic heterocycles. The second kappa shape index (κ2) is 9.72. The highest BCUT2D eigenvalue weighted by Crippen LogP contribution is 2.16. The average Bonchev–Trinajstić information content (AvgIpc) is 3.03. The highest BCUT2D eigenvalue weighted by molar-refractivity contribution is 5.94. The fraction of sp³-hybridized carbons (Fsp3) is 0.421. The van der Waals surface area contributed by atoms with Crippen LogP contribution in [0.15, 0.2) is 30.5 Å². The standard InChI is InChI=1S/C19H25N3O4/c1-4-25-12-6-11-20-18(23)15-7-9-16(10-8-15)22-14(3)17(13-21-22)19(24)26-5-2/h7-10,13H,4-6,11-12H2,1-3H3,(H,20,23). The van der Waals surface area contributed by atoms with Crippen molar-refractivity contribution in [1.82, 2.24) is 15.1 Å². The summed E-state index contributed by atoms with van der Waals surface area (Å²) in [4.78, 5) is 24.0. The maximum atomic E-state index is 12.1. The molecule has 7 heteroatoms. The number of aromatic nitrogens is 2. The number of amides is 1. The SMILES string of the molecule is CCOCCCNC(=O)c1ccc(-n2ncc(C(=O)OCC)c2C)cc1. The minimum atomic E-state index is -0.390. The van der Waals surface area contributed by atoms with E-state index in [9.17, 15) is 9.59 Å². The molecule has 0 unspecified atom stereocenters. The molecule has 0 aliphatic carbocycles. The van der Waals surface area contributed by atoms with Crippen molar-refractivity contribution in [2.24, 2.45) is 0 Å². The Labute approximate surface area is 153 Å². The Morgan fingerprint density at radius 3 is 2.54 bits per heavy atom. The molecule has 26 heavy (non-hydrogen) atoms. The largest absolute Gasteiger partial charge is 0.462 e. The molecule has 1 N–H and O–H groups in total. The van der Waals surface area contributed by atoms with Crippen LogP contribution in [0.5, 0.6) is 0 Å². The Kier molecular flexibility index (Phi) is 7.35. The number of benzene rings is 1. The normalized spacial score (nSPS) is 10.6. The van der Waals surface area contributed by atoms with Crippen molar-refractivity contribution in [3.63, 3.8) is 0 Å².